The van der Waals surface area contributed by atoms with E-state index in [1.54, 1.807) is 6.20 Å². The first-order valence-electron chi connectivity index (χ1n) is 5.97. The molecule has 0 spiro atoms. The van der Waals surface area contributed by atoms with Gasteiger partial charge in [0.05, 0.1) is 23.1 Å². The van der Waals surface area contributed by atoms with Gasteiger partial charge >= 0.3 is 0 Å². The van der Waals surface area contributed by atoms with Crippen molar-refractivity contribution in [1.29, 1.82) is 0 Å². The third-order valence-corrected chi connectivity index (χ3v) is 2.73. The highest BCUT2D eigenvalue weighted by Crippen LogP contribution is 2.25. The summed E-state index contributed by atoms with van der Waals surface area (Å²) >= 11 is 5.84. The van der Waals surface area contributed by atoms with Crippen LogP contribution in [0.1, 0.15) is 0 Å². The number of aromatic nitrogens is 2. The molecule has 112 valence electrons. The summed E-state index contributed by atoms with van der Waals surface area (Å²) in [5.74, 6) is -0.368. The Hall–Kier alpha value is -2.12. The monoisotopic (exact) mass is 313 g/mol. The van der Waals surface area contributed by atoms with Gasteiger partial charge in [0.15, 0.2) is 6.73 Å². The standard InChI is InChI=1S/C13H13ClFN3O3/c1-20-7-13(19)17-10-5-16-18(6-10)8-21-12-3-2-9(15)4-11(12)14/h2-6H,7-8H2,1H3,(H,17,19). The minimum atomic E-state index is -0.436. The summed E-state index contributed by atoms with van der Waals surface area (Å²) in [6.45, 7) is 0.0400. The molecule has 1 N–H and O–H groups in total. The van der Waals surface area contributed by atoms with Crippen molar-refractivity contribution < 1.29 is 18.7 Å². The van der Waals surface area contributed by atoms with Crippen LogP contribution in [0.2, 0.25) is 5.02 Å². The average Bonchev–Trinajstić information content (AvgIpc) is 2.85. The molecule has 8 heteroatoms. The summed E-state index contributed by atoms with van der Waals surface area (Å²) in [5, 5.41) is 6.79. The van der Waals surface area contributed by atoms with Crippen molar-refractivity contribution in [2.75, 3.05) is 19.0 Å². The highest BCUT2D eigenvalue weighted by molar-refractivity contribution is 6.32. The minimum absolute atomic E-state index is 0.0349. The lowest BCUT2D eigenvalue weighted by atomic mass is 10.3. The van der Waals surface area contributed by atoms with Gasteiger partial charge in [0.1, 0.15) is 18.2 Å². The summed E-state index contributed by atoms with van der Waals surface area (Å²) in [7, 11) is 1.43. The van der Waals surface area contributed by atoms with E-state index >= 15 is 0 Å². The quantitative estimate of drug-likeness (QED) is 0.888. The molecular formula is C13H13ClFN3O3. The first kappa shape index (κ1) is 15.3. The molecule has 0 radical (unpaired) electrons. The highest BCUT2D eigenvalue weighted by Gasteiger charge is 2.06. The highest BCUT2D eigenvalue weighted by atomic mass is 35.5. The number of benzene rings is 1. The van der Waals surface area contributed by atoms with Crippen molar-refractivity contribution >= 4 is 23.2 Å². The molecule has 0 saturated heterocycles. The molecule has 1 aromatic carbocycles. The average molecular weight is 314 g/mol. The fourth-order valence-corrected chi connectivity index (χ4v) is 1.78. The van der Waals surface area contributed by atoms with Crippen molar-refractivity contribution in [2.24, 2.45) is 0 Å². The van der Waals surface area contributed by atoms with Gasteiger partial charge in [-0.25, -0.2) is 9.07 Å². The van der Waals surface area contributed by atoms with E-state index in [9.17, 15) is 9.18 Å². The number of ether oxygens (including phenoxy) is 2. The third-order valence-electron chi connectivity index (χ3n) is 2.44. The second kappa shape index (κ2) is 7.05. The Morgan fingerprint density at radius 3 is 3.05 bits per heavy atom. The van der Waals surface area contributed by atoms with Crippen LogP contribution in [0.5, 0.6) is 5.75 Å². The van der Waals surface area contributed by atoms with E-state index in [1.165, 1.54) is 30.1 Å². The first-order valence-corrected chi connectivity index (χ1v) is 6.35. The Bertz CT molecular complexity index is 633. The maximum absolute atomic E-state index is 12.9. The van der Waals surface area contributed by atoms with Crippen LogP contribution in [0.25, 0.3) is 0 Å². The summed E-state index contributed by atoms with van der Waals surface area (Å²) < 4.78 is 24.5. The van der Waals surface area contributed by atoms with Gasteiger partial charge in [-0.05, 0) is 18.2 Å². The number of anilines is 1. The number of methoxy groups -OCH3 is 1. The van der Waals surface area contributed by atoms with Crippen LogP contribution in [0.15, 0.2) is 30.6 Å². The second-order valence-corrected chi connectivity index (χ2v) is 4.51. The minimum Gasteiger partial charge on any atom is -0.470 e. The maximum Gasteiger partial charge on any atom is 0.250 e. The Morgan fingerprint density at radius 1 is 1.52 bits per heavy atom. The van der Waals surface area contributed by atoms with Gasteiger partial charge in [-0.2, -0.15) is 5.10 Å². The number of nitrogens with zero attached hydrogens (tertiary/aromatic N) is 2. The van der Waals surface area contributed by atoms with E-state index < -0.39 is 5.82 Å². The lowest BCUT2D eigenvalue weighted by Crippen LogP contribution is -2.16. The van der Waals surface area contributed by atoms with Crippen molar-refractivity contribution in [3.63, 3.8) is 0 Å². The van der Waals surface area contributed by atoms with Crippen LogP contribution < -0.4 is 10.1 Å². The number of carbonyl (C=O) groups is 1. The predicted octanol–water partition coefficient (Wildman–Crippen LogP) is 2.30. The lowest BCUT2D eigenvalue weighted by Gasteiger charge is -2.07. The van der Waals surface area contributed by atoms with Crippen molar-refractivity contribution in [2.45, 2.75) is 6.73 Å². The number of amides is 1. The normalized spacial score (nSPS) is 10.4. The maximum atomic E-state index is 12.9. The second-order valence-electron chi connectivity index (χ2n) is 4.10. The van der Waals surface area contributed by atoms with Crippen LogP contribution in [0, 0.1) is 5.82 Å². The predicted molar refractivity (Wildman–Crippen MR) is 74.8 cm³/mol. The molecule has 1 amide bonds. The zero-order valence-corrected chi connectivity index (χ0v) is 11.9. The van der Waals surface area contributed by atoms with E-state index in [1.807, 2.05) is 0 Å². The van der Waals surface area contributed by atoms with E-state index in [0.717, 1.165) is 6.07 Å². The van der Waals surface area contributed by atoms with Gasteiger partial charge in [-0.15, -0.1) is 0 Å². The molecule has 21 heavy (non-hydrogen) atoms. The zero-order valence-electron chi connectivity index (χ0n) is 11.2. The molecule has 6 nitrogen and oxygen atoms in total. The summed E-state index contributed by atoms with van der Waals surface area (Å²) in [6, 6.07) is 3.85. The van der Waals surface area contributed by atoms with Gasteiger partial charge < -0.3 is 14.8 Å². The molecule has 0 atom stereocenters. The van der Waals surface area contributed by atoms with E-state index in [4.69, 9.17) is 21.1 Å². The Balaban J connectivity index is 1.92. The van der Waals surface area contributed by atoms with Gasteiger partial charge in [0.2, 0.25) is 5.91 Å². The number of rotatable bonds is 6. The van der Waals surface area contributed by atoms with Crippen LogP contribution in [-0.2, 0) is 16.3 Å². The van der Waals surface area contributed by atoms with Crippen LogP contribution in [-0.4, -0.2) is 29.4 Å². The van der Waals surface area contributed by atoms with Crippen molar-refractivity contribution in [1.82, 2.24) is 9.78 Å². The number of nitrogens with one attached hydrogen (secondary N) is 1. The summed E-state index contributed by atoms with van der Waals surface area (Å²) in [5.41, 5.74) is 0.519. The smallest absolute Gasteiger partial charge is 0.250 e. The lowest BCUT2D eigenvalue weighted by molar-refractivity contribution is -0.119. The number of hydrogen-bond donors (Lipinski definition) is 1. The largest absolute Gasteiger partial charge is 0.470 e. The van der Waals surface area contributed by atoms with Gasteiger partial charge in [-0.3, -0.25) is 4.79 Å². The van der Waals surface area contributed by atoms with Crippen LogP contribution in [0.4, 0.5) is 10.1 Å². The Labute approximate surface area is 125 Å². The topological polar surface area (TPSA) is 65.4 Å². The number of carbonyl (C=O) groups excluding carboxylic acids is 1. The van der Waals surface area contributed by atoms with Crippen molar-refractivity contribution in [3.05, 3.63) is 41.4 Å². The molecule has 0 aliphatic rings. The van der Waals surface area contributed by atoms with Gasteiger partial charge in [0.25, 0.3) is 0 Å². The number of hydrogen-bond acceptors (Lipinski definition) is 4. The Morgan fingerprint density at radius 2 is 2.33 bits per heavy atom. The molecule has 0 saturated carbocycles. The van der Waals surface area contributed by atoms with Crippen molar-refractivity contribution in [3.8, 4) is 5.75 Å². The molecular weight excluding hydrogens is 301 g/mol. The molecule has 0 aliphatic heterocycles. The molecule has 1 heterocycles. The Kier molecular flexibility index (Phi) is 5.13. The SMILES string of the molecule is COCC(=O)Nc1cnn(COc2ccc(F)cc2Cl)c1. The third kappa shape index (κ3) is 4.44. The molecule has 0 bridgehead atoms. The van der Waals surface area contributed by atoms with Gasteiger partial charge in [0, 0.05) is 7.11 Å². The summed E-state index contributed by atoms with van der Waals surface area (Å²) in [6.07, 6.45) is 3.06. The number of halogens is 2. The van der Waals surface area contributed by atoms with Gasteiger partial charge in [-0.1, -0.05) is 11.6 Å². The van der Waals surface area contributed by atoms with E-state index in [-0.39, 0.29) is 24.3 Å². The molecule has 1 aromatic heterocycles. The van der Waals surface area contributed by atoms with E-state index in [2.05, 4.69) is 10.4 Å². The zero-order chi connectivity index (χ0) is 15.2. The van der Waals surface area contributed by atoms with Crippen LogP contribution >= 0.6 is 11.6 Å². The fourth-order valence-electron chi connectivity index (χ4n) is 1.55. The molecule has 2 rings (SSSR count). The van der Waals surface area contributed by atoms with Crippen LogP contribution in [0.3, 0.4) is 0 Å². The van der Waals surface area contributed by atoms with E-state index in [0.29, 0.717) is 11.4 Å². The first-order chi connectivity index (χ1) is 10.1. The molecule has 0 fully saturated rings. The molecule has 0 aliphatic carbocycles. The molecule has 0 unspecified atom stereocenters. The fraction of sp³-hybridized carbons (Fsp3) is 0.231. The summed E-state index contributed by atoms with van der Waals surface area (Å²) in [4.78, 5) is 11.3. The molecule has 2 aromatic rings.